The Kier molecular flexibility index (Phi) is 8.94. The number of hydrogen-bond donors (Lipinski definition) is 0. The molecule has 3 nitrogen and oxygen atoms in total. The lowest BCUT2D eigenvalue weighted by molar-refractivity contribution is 0.676. The number of hydrogen-bond acceptors (Lipinski definition) is 3. The smallest absolute Gasteiger partial charge is 0.143 e. The van der Waals surface area contributed by atoms with Crippen LogP contribution in [0.25, 0.3) is 65.7 Å². The van der Waals surface area contributed by atoms with E-state index < -0.39 is 0 Å². The molecule has 0 aliphatic rings. The van der Waals surface area contributed by atoms with Crippen molar-refractivity contribution in [1.82, 2.24) is 0 Å². The molecule has 0 aliphatic heterocycles. The molecule has 0 amide bonds. The van der Waals surface area contributed by atoms with E-state index in [2.05, 4.69) is 242 Å². The zero-order chi connectivity index (χ0) is 40.9. The minimum Gasteiger partial charge on any atom is -0.455 e. The van der Waals surface area contributed by atoms with Gasteiger partial charge in [0.05, 0.1) is 11.4 Å². The molecule has 3 heteroatoms. The van der Waals surface area contributed by atoms with Crippen molar-refractivity contribution in [2.75, 3.05) is 9.80 Å². The van der Waals surface area contributed by atoms with Crippen LogP contribution in [0, 0.1) is 13.8 Å². The summed E-state index contributed by atoms with van der Waals surface area (Å²) in [5.74, 6) is 0. The standard InChI is InChI=1S/C58H42N2O/c1-39-19-9-15-33-53(39)59(45-27-17-25-43(35-45)41-21-5-3-6-22-41)55-37-51-52-38-56(48-30-12-14-32-50(48)58(52)61-57(51)49-31-13-11-29-47(49)55)60(54-34-16-10-20-40(54)2)46-28-18-26-44(36-46)42-23-7-4-8-24-42/h3-38H,1-2H3. The quantitative estimate of drug-likeness (QED) is 0.153. The average molecular weight is 783 g/mol. The number of benzene rings is 10. The Bertz CT molecular complexity index is 3180. The lowest BCUT2D eigenvalue weighted by Gasteiger charge is -2.29. The van der Waals surface area contributed by atoms with Gasteiger partial charge in [-0.1, -0.05) is 170 Å². The van der Waals surface area contributed by atoms with Gasteiger partial charge < -0.3 is 14.2 Å². The second-order valence-corrected chi connectivity index (χ2v) is 15.8. The van der Waals surface area contributed by atoms with Crippen molar-refractivity contribution in [2.45, 2.75) is 13.8 Å². The van der Waals surface area contributed by atoms with Crippen LogP contribution in [0.3, 0.4) is 0 Å². The molecule has 0 unspecified atom stereocenters. The van der Waals surface area contributed by atoms with E-state index >= 15 is 0 Å². The molecule has 0 N–H and O–H groups in total. The number of nitrogens with zero attached hydrogens (tertiary/aromatic N) is 2. The third-order valence-electron chi connectivity index (χ3n) is 12.1. The van der Waals surface area contributed by atoms with Crippen LogP contribution in [0.4, 0.5) is 34.1 Å². The average Bonchev–Trinajstić information content (AvgIpc) is 3.70. The van der Waals surface area contributed by atoms with Crippen LogP contribution in [0.1, 0.15) is 11.1 Å². The van der Waals surface area contributed by atoms with Crippen molar-refractivity contribution in [3.8, 4) is 22.3 Å². The lowest BCUT2D eigenvalue weighted by Crippen LogP contribution is -2.12. The van der Waals surface area contributed by atoms with Crippen LogP contribution < -0.4 is 9.80 Å². The van der Waals surface area contributed by atoms with Crippen LogP contribution in [0.2, 0.25) is 0 Å². The predicted octanol–water partition coefficient (Wildman–Crippen LogP) is 16.8. The van der Waals surface area contributed by atoms with E-state index in [1.54, 1.807) is 0 Å². The number of furan rings is 1. The fourth-order valence-electron chi connectivity index (χ4n) is 9.11. The molecular weight excluding hydrogens is 741 g/mol. The van der Waals surface area contributed by atoms with Crippen molar-refractivity contribution >= 4 is 77.6 Å². The summed E-state index contributed by atoms with van der Waals surface area (Å²) in [6.45, 7) is 4.39. The van der Waals surface area contributed by atoms with E-state index in [1.165, 1.54) is 33.4 Å². The number of para-hydroxylation sites is 2. The van der Waals surface area contributed by atoms with Crippen LogP contribution in [-0.2, 0) is 0 Å². The van der Waals surface area contributed by atoms with Crippen LogP contribution >= 0.6 is 0 Å². The minimum absolute atomic E-state index is 0.882. The highest BCUT2D eigenvalue weighted by atomic mass is 16.3. The van der Waals surface area contributed by atoms with Gasteiger partial charge >= 0.3 is 0 Å². The monoisotopic (exact) mass is 782 g/mol. The van der Waals surface area contributed by atoms with E-state index in [0.717, 1.165) is 77.6 Å². The van der Waals surface area contributed by atoms with Gasteiger partial charge in [0.15, 0.2) is 0 Å². The lowest BCUT2D eigenvalue weighted by atomic mass is 9.98. The molecule has 11 rings (SSSR count). The minimum atomic E-state index is 0.882. The van der Waals surface area contributed by atoms with E-state index in [1.807, 2.05) is 0 Å². The third kappa shape index (κ3) is 6.30. The molecule has 0 saturated heterocycles. The molecule has 11 aromatic rings. The molecule has 0 fully saturated rings. The maximum Gasteiger partial charge on any atom is 0.143 e. The number of anilines is 6. The fourth-order valence-corrected chi connectivity index (χ4v) is 9.11. The van der Waals surface area contributed by atoms with Crippen molar-refractivity contribution in [1.29, 1.82) is 0 Å². The van der Waals surface area contributed by atoms with Gasteiger partial charge in [-0.05, 0) is 95.8 Å². The molecule has 10 aromatic carbocycles. The molecule has 61 heavy (non-hydrogen) atoms. The van der Waals surface area contributed by atoms with Gasteiger partial charge in [-0.15, -0.1) is 0 Å². The Morgan fingerprint density at radius 1 is 0.279 bits per heavy atom. The molecule has 1 heterocycles. The highest BCUT2D eigenvalue weighted by Crippen LogP contribution is 2.49. The molecule has 0 radical (unpaired) electrons. The summed E-state index contributed by atoms with van der Waals surface area (Å²) < 4.78 is 7.14. The Hall–Kier alpha value is -7.88. The van der Waals surface area contributed by atoms with Crippen molar-refractivity contribution in [2.24, 2.45) is 0 Å². The fraction of sp³-hybridized carbons (Fsp3) is 0.0345. The molecule has 0 bridgehead atoms. The summed E-state index contributed by atoms with van der Waals surface area (Å²) in [5, 5.41) is 6.51. The van der Waals surface area contributed by atoms with Crippen LogP contribution in [0.5, 0.6) is 0 Å². The SMILES string of the molecule is Cc1ccccc1N(c1cccc(-c2ccccc2)c1)c1cc2c3cc(N(c4cccc(-c5ccccc5)c4)c4ccccc4C)c4ccccc4c3oc2c2ccccc12. The summed E-state index contributed by atoms with van der Waals surface area (Å²) in [4.78, 5) is 4.86. The van der Waals surface area contributed by atoms with Gasteiger partial charge in [0, 0.05) is 55.1 Å². The summed E-state index contributed by atoms with van der Waals surface area (Å²) >= 11 is 0. The number of fused-ring (bicyclic) bond motifs is 7. The Balaban J connectivity index is 1.21. The maximum atomic E-state index is 7.14. The largest absolute Gasteiger partial charge is 0.455 e. The highest BCUT2D eigenvalue weighted by molar-refractivity contribution is 6.25. The van der Waals surface area contributed by atoms with Crippen LogP contribution in [-0.4, -0.2) is 0 Å². The normalized spacial score (nSPS) is 11.4. The highest BCUT2D eigenvalue weighted by Gasteiger charge is 2.25. The molecule has 1 aromatic heterocycles. The van der Waals surface area contributed by atoms with E-state index in [9.17, 15) is 0 Å². The second-order valence-electron chi connectivity index (χ2n) is 15.8. The van der Waals surface area contributed by atoms with Crippen molar-refractivity contribution in [3.63, 3.8) is 0 Å². The first-order valence-corrected chi connectivity index (χ1v) is 20.9. The molecule has 0 spiro atoms. The van der Waals surface area contributed by atoms with Crippen LogP contribution in [0.15, 0.2) is 223 Å². The summed E-state index contributed by atoms with van der Waals surface area (Å²) in [6, 6.07) is 78.5. The van der Waals surface area contributed by atoms with Gasteiger partial charge in [-0.3, -0.25) is 0 Å². The third-order valence-corrected chi connectivity index (χ3v) is 12.1. The summed E-state index contributed by atoms with van der Waals surface area (Å²) in [6.07, 6.45) is 0. The second kappa shape index (κ2) is 15.1. The first kappa shape index (κ1) is 36.2. The zero-order valence-corrected chi connectivity index (χ0v) is 34.1. The summed E-state index contributed by atoms with van der Waals surface area (Å²) in [5.41, 5.74) is 15.4. The van der Waals surface area contributed by atoms with Gasteiger partial charge in [0.25, 0.3) is 0 Å². The van der Waals surface area contributed by atoms with E-state index in [4.69, 9.17) is 4.42 Å². The molecule has 0 aliphatic carbocycles. The Morgan fingerprint density at radius 3 is 1.07 bits per heavy atom. The van der Waals surface area contributed by atoms with Crippen molar-refractivity contribution in [3.05, 3.63) is 230 Å². The zero-order valence-electron chi connectivity index (χ0n) is 34.1. The number of aryl methyl sites for hydroxylation is 2. The topological polar surface area (TPSA) is 19.6 Å². The molecule has 290 valence electrons. The number of rotatable bonds is 8. The predicted molar refractivity (Wildman–Crippen MR) is 258 cm³/mol. The van der Waals surface area contributed by atoms with Gasteiger partial charge in [-0.25, -0.2) is 0 Å². The van der Waals surface area contributed by atoms with Crippen molar-refractivity contribution < 1.29 is 4.42 Å². The summed E-state index contributed by atoms with van der Waals surface area (Å²) in [7, 11) is 0. The first-order chi connectivity index (χ1) is 30.1. The Labute approximate surface area is 356 Å². The van der Waals surface area contributed by atoms with Gasteiger partial charge in [0.1, 0.15) is 11.2 Å². The molecule has 0 saturated carbocycles. The Morgan fingerprint density at radius 2 is 0.639 bits per heavy atom. The first-order valence-electron chi connectivity index (χ1n) is 20.9. The molecular formula is C58H42N2O. The molecule has 0 atom stereocenters. The van der Waals surface area contributed by atoms with Gasteiger partial charge in [-0.2, -0.15) is 0 Å². The van der Waals surface area contributed by atoms with Gasteiger partial charge in [0.2, 0.25) is 0 Å². The maximum absolute atomic E-state index is 7.14. The van der Waals surface area contributed by atoms with E-state index in [0.29, 0.717) is 0 Å². The van der Waals surface area contributed by atoms with E-state index in [-0.39, 0.29) is 0 Å².